The quantitative estimate of drug-likeness (QED) is 0.847. The van der Waals surface area contributed by atoms with E-state index >= 15 is 0 Å². The topological polar surface area (TPSA) is 56.0 Å². The molecule has 2 aromatic rings. The van der Waals surface area contributed by atoms with Crippen molar-refractivity contribution in [3.63, 3.8) is 0 Å². The molecule has 3 rings (SSSR count). The van der Waals surface area contributed by atoms with Crippen LogP contribution in [0.2, 0.25) is 0 Å². The number of Topliss-reactive ketones (excluding diaryl/α,β-unsaturated/α-hetero) is 1. The number of rotatable bonds is 3. The fourth-order valence-electron chi connectivity index (χ4n) is 2.56. The first-order valence-corrected chi connectivity index (χ1v) is 6.63. The van der Waals surface area contributed by atoms with Crippen LogP contribution in [0.1, 0.15) is 48.0 Å². The van der Waals surface area contributed by atoms with Gasteiger partial charge in [-0.3, -0.25) is 4.79 Å². The van der Waals surface area contributed by atoms with Crippen molar-refractivity contribution in [1.29, 1.82) is 0 Å². The highest BCUT2D eigenvalue weighted by Gasteiger charge is 2.30. The second-order valence-electron chi connectivity index (χ2n) is 5.13. The summed E-state index contributed by atoms with van der Waals surface area (Å²) in [6.45, 7) is 2.06. The summed E-state index contributed by atoms with van der Waals surface area (Å²) < 4.78 is 5.24. The van der Waals surface area contributed by atoms with Gasteiger partial charge < -0.3 is 4.52 Å². The van der Waals surface area contributed by atoms with Crippen molar-refractivity contribution in [3.8, 4) is 0 Å². The van der Waals surface area contributed by atoms with Gasteiger partial charge in [-0.2, -0.15) is 4.98 Å². The molecule has 0 saturated heterocycles. The number of carbonyl (C=O) groups excluding carboxylic acids is 1. The van der Waals surface area contributed by atoms with Gasteiger partial charge in [0.1, 0.15) is 5.78 Å². The molecule has 0 N–H and O–H groups in total. The van der Waals surface area contributed by atoms with Crippen LogP contribution < -0.4 is 0 Å². The minimum Gasteiger partial charge on any atom is -0.339 e. The maximum atomic E-state index is 11.7. The number of hydrogen-bond acceptors (Lipinski definition) is 4. The summed E-state index contributed by atoms with van der Waals surface area (Å²) in [6.07, 6.45) is 3.05. The molecule has 1 atom stereocenters. The maximum Gasteiger partial charge on any atom is 0.237 e. The summed E-state index contributed by atoms with van der Waals surface area (Å²) in [4.78, 5) is 16.0. The SMILES string of the molecule is Cc1cccc(Cc2noc(C3CCCC3=O)n2)c1. The van der Waals surface area contributed by atoms with E-state index in [9.17, 15) is 4.79 Å². The second kappa shape index (κ2) is 4.96. The van der Waals surface area contributed by atoms with Gasteiger partial charge in [0.2, 0.25) is 5.89 Å². The van der Waals surface area contributed by atoms with Crippen molar-refractivity contribution in [3.05, 3.63) is 47.1 Å². The van der Waals surface area contributed by atoms with E-state index < -0.39 is 0 Å². The van der Waals surface area contributed by atoms with Crippen molar-refractivity contribution >= 4 is 5.78 Å². The van der Waals surface area contributed by atoms with E-state index in [-0.39, 0.29) is 11.7 Å². The summed E-state index contributed by atoms with van der Waals surface area (Å²) in [5.74, 6) is 1.20. The molecule has 1 fully saturated rings. The van der Waals surface area contributed by atoms with Gasteiger partial charge >= 0.3 is 0 Å². The lowest BCUT2D eigenvalue weighted by molar-refractivity contribution is -0.119. The van der Waals surface area contributed by atoms with Gasteiger partial charge in [-0.15, -0.1) is 0 Å². The number of nitrogens with zero attached hydrogens (tertiary/aromatic N) is 2. The second-order valence-corrected chi connectivity index (χ2v) is 5.13. The molecule has 1 saturated carbocycles. The van der Waals surface area contributed by atoms with E-state index in [1.807, 2.05) is 12.1 Å². The third kappa shape index (κ3) is 2.57. The minimum absolute atomic E-state index is 0.168. The minimum atomic E-state index is -0.168. The summed E-state index contributed by atoms with van der Waals surface area (Å²) in [5.41, 5.74) is 2.37. The smallest absolute Gasteiger partial charge is 0.237 e. The Morgan fingerprint density at radius 1 is 1.42 bits per heavy atom. The average Bonchev–Trinajstić information content (AvgIpc) is 2.98. The fourth-order valence-corrected chi connectivity index (χ4v) is 2.56. The van der Waals surface area contributed by atoms with Gasteiger partial charge in [0, 0.05) is 12.8 Å². The normalized spacial score (nSPS) is 19.0. The molecule has 1 unspecified atom stereocenters. The monoisotopic (exact) mass is 256 g/mol. The summed E-state index contributed by atoms with van der Waals surface area (Å²) >= 11 is 0. The Morgan fingerprint density at radius 3 is 3.05 bits per heavy atom. The molecule has 0 amide bonds. The van der Waals surface area contributed by atoms with Crippen LogP contribution in [0.4, 0.5) is 0 Å². The van der Waals surface area contributed by atoms with Crippen molar-refractivity contribution in [2.75, 3.05) is 0 Å². The van der Waals surface area contributed by atoms with Crippen LogP contribution in [-0.2, 0) is 11.2 Å². The van der Waals surface area contributed by atoms with E-state index in [0.29, 0.717) is 24.6 Å². The van der Waals surface area contributed by atoms with Crippen molar-refractivity contribution in [2.45, 2.75) is 38.5 Å². The number of ketones is 1. The third-order valence-electron chi connectivity index (χ3n) is 3.53. The van der Waals surface area contributed by atoms with Crippen LogP contribution in [0.15, 0.2) is 28.8 Å². The van der Waals surface area contributed by atoms with E-state index in [0.717, 1.165) is 18.4 Å². The molecular weight excluding hydrogens is 240 g/mol. The highest BCUT2D eigenvalue weighted by Crippen LogP contribution is 2.30. The predicted octanol–water partition coefficient (Wildman–Crippen LogP) is 2.81. The molecule has 1 heterocycles. The number of aromatic nitrogens is 2. The van der Waals surface area contributed by atoms with E-state index in [4.69, 9.17) is 4.52 Å². The van der Waals surface area contributed by atoms with Crippen LogP contribution in [0.25, 0.3) is 0 Å². The summed E-state index contributed by atoms with van der Waals surface area (Å²) in [6, 6.07) is 8.23. The number of aryl methyl sites for hydroxylation is 1. The third-order valence-corrected chi connectivity index (χ3v) is 3.53. The largest absolute Gasteiger partial charge is 0.339 e. The Balaban J connectivity index is 1.76. The van der Waals surface area contributed by atoms with E-state index in [1.165, 1.54) is 5.56 Å². The first-order chi connectivity index (χ1) is 9.22. The molecule has 4 nitrogen and oxygen atoms in total. The van der Waals surface area contributed by atoms with Gasteiger partial charge in [-0.25, -0.2) is 0 Å². The van der Waals surface area contributed by atoms with Crippen molar-refractivity contribution < 1.29 is 9.32 Å². The van der Waals surface area contributed by atoms with Crippen LogP contribution in [0, 0.1) is 6.92 Å². The molecule has 0 radical (unpaired) electrons. The Hall–Kier alpha value is -1.97. The molecule has 1 aliphatic carbocycles. The number of carbonyl (C=O) groups is 1. The lowest BCUT2D eigenvalue weighted by Gasteiger charge is -1.99. The zero-order chi connectivity index (χ0) is 13.2. The van der Waals surface area contributed by atoms with Crippen LogP contribution in [0.3, 0.4) is 0 Å². The first-order valence-electron chi connectivity index (χ1n) is 6.63. The molecule has 19 heavy (non-hydrogen) atoms. The zero-order valence-electron chi connectivity index (χ0n) is 10.9. The van der Waals surface area contributed by atoms with Crippen LogP contribution in [-0.4, -0.2) is 15.9 Å². The Morgan fingerprint density at radius 2 is 2.32 bits per heavy atom. The van der Waals surface area contributed by atoms with E-state index in [2.05, 4.69) is 29.2 Å². The maximum absolute atomic E-state index is 11.7. The molecule has 0 aliphatic heterocycles. The van der Waals surface area contributed by atoms with Gasteiger partial charge in [-0.1, -0.05) is 35.0 Å². The standard InChI is InChI=1S/C15H16N2O2/c1-10-4-2-5-11(8-10)9-14-16-15(19-17-14)12-6-3-7-13(12)18/h2,4-5,8,12H,3,6-7,9H2,1H3. The van der Waals surface area contributed by atoms with Crippen LogP contribution in [0.5, 0.6) is 0 Å². The van der Waals surface area contributed by atoms with Gasteiger partial charge in [0.15, 0.2) is 5.82 Å². The zero-order valence-corrected chi connectivity index (χ0v) is 10.9. The lowest BCUT2D eigenvalue weighted by atomic mass is 10.1. The van der Waals surface area contributed by atoms with Gasteiger partial charge in [-0.05, 0) is 25.3 Å². The molecule has 1 aromatic heterocycles. The molecule has 0 bridgehead atoms. The predicted molar refractivity (Wildman–Crippen MR) is 69.9 cm³/mol. The first kappa shape index (κ1) is 12.1. The highest BCUT2D eigenvalue weighted by atomic mass is 16.5. The number of hydrogen-bond donors (Lipinski definition) is 0. The lowest BCUT2D eigenvalue weighted by Crippen LogP contribution is -2.04. The molecular formula is C15H16N2O2. The molecule has 4 heteroatoms. The molecule has 0 spiro atoms. The Bertz CT molecular complexity index is 604. The van der Waals surface area contributed by atoms with Crippen molar-refractivity contribution in [1.82, 2.24) is 10.1 Å². The highest BCUT2D eigenvalue weighted by molar-refractivity contribution is 5.86. The van der Waals surface area contributed by atoms with Gasteiger partial charge in [0.25, 0.3) is 0 Å². The number of benzene rings is 1. The van der Waals surface area contributed by atoms with E-state index in [1.54, 1.807) is 0 Å². The fraction of sp³-hybridized carbons (Fsp3) is 0.400. The molecule has 1 aromatic carbocycles. The van der Waals surface area contributed by atoms with Gasteiger partial charge in [0.05, 0.1) is 5.92 Å². The molecule has 98 valence electrons. The average molecular weight is 256 g/mol. The van der Waals surface area contributed by atoms with Crippen LogP contribution >= 0.6 is 0 Å². The van der Waals surface area contributed by atoms with Crippen molar-refractivity contribution in [2.24, 2.45) is 0 Å². The summed E-state index contributed by atoms with van der Waals surface area (Å²) in [7, 11) is 0. The summed E-state index contributed by atoms with van der Waals surface area (Å²) in [5, 5.41) is 3.98. The Labute approximate surface area is 111 Å². The Kier molecular flexibility index (Phi) is 3.15. The molecule has 1 aliphatic rings.